The van der Waals surface area contributed by atoms with Crippen LogP contribution < -0.4 is 0 Å². The van der Waals surface area contributed by atoms with Crippen LogP contribution in [0.25, 0.3) is 0 Å². The fourth-order valence-corrected chi connectivity index (χ4v) is 2.30. The zero-order valence-corrected chi connectivity index (χ0v) is 9.00. The van der Waals surface area contributed by atoms with Crippen LogP contribution in [0.2, 0.25) is 0 Å². The standard InChI is InChI=1S/C11H13BrO/c12-9-6-4-8(5-7-9)10-2-1-3-11(10)13/h4-7,10-11,13H,1-3H2. The second-order valence-corrected chi connectivity index (χ2v) is 4.57. The molecule has 2 rings (SSSR count). The van der Waals surface area contributed by atoms with Gasteiger partial charge in [0.25, 0.3) is 0 Å². The predicted molar refractivity (Wildman–Crippen MR) is 56.7 cm³/mol. The number of halogens is 1. The minimum absolute atomic E-state index is 0.124. The summed E-state index contributed by atoms with van der Waals surface area (Å²) in [4.78, 5) is 0. The first-order chi connectivity index (χ1) is 6.27. The van der Waals surface area contributed by atoms with Crippen LogP contribution in [-0.2, 0) is 0 Å². The number of hydrogen-bond acceptors (Lipinski definition) is 1. The molecule has 1 aliphatic rings. The van der Waals surface area contributed by atoms with Gasteiger partial charge in [-0.2, -0.15) is 0 Å². The molecule has 0 bridgehead atoms. The van der Waals surface area contributed by atoms with Crippen LogP contribution in [0.3, 0.4) is 0 Å². The average Bonchev–Trinajstić information content (AvgIpc) is 2.53. The smallest absolute Gasteiger partial charge is 0.0608 e. The van der Waals surface area contributed by atoms with E-state index in [1.165, 1.54) is 5.56 Å². The first kappa shape index (κ1) is 9.22. The van der Waals surface area contributed by atoms with E-state index in [0.29, 0.717) is 5.92 Å². The van der Waals surface area contributed by atoms with Crippen molar-refractivity contribution >= 4 is 15.9 Å². The Morgan fingerprint density at radius 3 is 2.38 bits per heavy atom. The summed E-state index contributed by atoms with van der Waals surface area (Å²) < 4.78 is 1.10. The van der Waals surface area contributed by atoms with Gasteiger partial charge in [-0.15, -0.1) is 0 Å². The van der Waals surface area contributed by atoms with Crippen LogP contribution in [0.15, 0.2) is 28.7 Å². The highest BCUT2D eigenvalue weighted by Crippen LogP contribution is 2.34. The second kappa shape index (κ2) is 3.81. The van der Waals surface area contributed by atoms with Crippen LogP contribution in [0.4, 0.5) is 0 Å². The van der Waals surface area contributed by atoms with Gasteiger partial charge in [0.1, 0.15) is 0 Å². The van der Waals surface area contributed by atoms with Crippen LogP contribution in [0, 0.1) is 0 Å². The molecule has 0 heterocycles. The third-order valence-electron chi connectivity index (χ3n) is 2.78. The van der Waals surface area contributed by atoms with E-state index in [9.17, 15) is 5.11 Å². The molecule has 1 aromatic rings. The molecular weight excluding hydrogens is 228 g/mol. The quantitative estimate of drug-likeness (QED) is 0.801. The molecule has 2 unspecified atom stereocenters. The molecule has 1 N–H and O–H groups in total. The minimum Gasteiger partial charge on any atom is -0.392 e. The maximum atomic E-state index is 9.70. The lowest BCUT2D eigenvalue weighted by Crippen LogP contribution is -2.10. The van der Waals surface area contributed by atoms with Gasteiger partial charge in [0, 0.05) is 10.4 Å². The van der Waals surface area contributed by atoms with E-state index in [2.05, 4.69) is 28.1 Å². The minimum atomic E-state index is -0.124. The van der Waals surface area contributed by atoms with Crippen molar-refractivity contribution in [3.05, 3.63) is 34.3 Å². The lowest BCUT2D eigenvalue weighted by molar-refractivity contribution is 0.164. The van der Waals surface area contributed by atoms with E-state index in [0.717, 1.165) is 23.7 Å². The second-order valence-electron chi connectivity index (χ2n) is 3.66. The van der Waals surface area contributed by atoms with Gasteiger partial charge in [0.15, 0.2) is 0 Å². The SMILES string of the molecule is OC1CCCC1c1ccc(Br)cc1. The zero-order chi connectivity index (χ0) is 9.26. The Balaban J connectivity index is 2.20. The van der Waals surface area contributed by atoms with Crippen LogP contribution in [-0.4, -0.2) is 11.2 Å². The molecule has 0 radical (unpaired) electrons. The summed E-state index contributed by atoms with van der Waals surface area (Å²) in [5.74, 6) is 0.369. The Hall–Kier alpha value is -0.340. The summed E-state index contributed by atoms with van der Waals surface area (Å²) in [5.41, 5.74) is 1.27. The molecule has 1 nitrogen and oxygen atoms in total. The number of hydrogen-bond donors (Lipinski definition) is 1. The highest BCUT2D eigenvalue weighted by atomic mass is 79.9. The van der Waals surface area contributed by atoms with Gasteiger partial charge in [0.2, 0.25) is 0 Å². The van der Waals surface area contributed by atoms with Crippen molar-refractivity contribution in [1.29, 1.82) is 0 Å². The first-order valence-corrected chi connectivity index (χ1v) is 5.50. The Labute approximate surface area is 86.9 Å². The Morgan fingerprint density at radius 1 is 1.15 bits per heavy atom. The van der Waals surface area contributed by atoms with Gasteiger partial charge >= 0.3 is 0 Å². The number of aliphatic hydroxyl groups is 1. The average molecular weight is 241 g/mol. The van der Waals surface area contributed by atoms with Crippen molar-refractivity contribution in [2.45, 2.75) is 31.3 Å². The van der Waals surface area contributed by atoms with Gasteiger partial charge < -0.3 is 5.11 Å². The number of rotatable bonds is 1. The van der Waals surface area contributed by atoms with Crippen LogP contribution in [0.5, 0.6) is 0 Å². The Kier molecular flexibility index (Phi) is 2.70. The number of aliphatic hydroxyl groups excluding tert-OH is 1. The fraction of sp³-hybridized carbons (Fsp3) is 0.455. The topological polar surface area (TPSA) is 20.2 Å². The molecule has 2 heteroatoms. The van der Waals surface area contributed by atoms with Crippen LogP contribution in [0.1, 0.15) is 30.7 Å². The Bertz CT molecular complexity index is 281. The van der Waals surface area contributed by atoms with Crippen molar-refractivity contribution in [2.75, 3.05) is 0 Å². The number of benzene rings is 1. The molecule has 13 heavy (non-hydrogen) atoms. The van der Waals surface area contributed by atoms with Crippen molar-refractivity contribution < 1.29 is 5.11 Å². The normalized spacial score (nSPS) is 27.8. The molecule has 2 atom stereocenters. The molecule has 1 aromatic carbocycles. The van der Waals surface area contributed by atoms with Crippen molar-refractivity contribution in [1.82, 2.24) is 0 Å². The summed E-state index contributed by atoms with van der Waals surface area (Å²) in [6, 6.07) is 8.29. The monoisotopic (exact) mass is 240 g/mol. The van der Waals surface area contributed by atoms with E-state index in [1.807, 2.05) is 12.1 Å². The van der Waals surface area contributed by atoms with E-state index in [-0.39, 0.29) is 6.10 Å². The maximum Gasteiger partial charge on any atom is 0.0608 e. The largest absolute Gasteiger partial charge is 0.392 e. The van der Waals surface area contributed by atoms with E-state index in [4.69, 9.17) is 0 Å². The van der Waals surface area contributed by atoms with E-state index in [1.54, 1.807) is 0 Å². The van der Waals surface area contributed by atoms with Crippen molar-refractivity contribution in [3.8, 4) is 0 Å². The fourth-order valence-electron chi connectivity index (χ4n) is 2.04. The molecule has 1 fully saturated rings. The van der Waals surface area contributed by atoms with E-state index >= 15 is 0 Å². The molecule has 0 spiro atoms. The maximum absolute atomic E-state index is 9.70. The summed E-state index contributed by atoms with van der Waals surface area (Å²) in [7, 11) is 0. The summed E-state index contributed by atoms with van der Waals surface area (Å²) in [6.45, 7) is 0. The molecule has 70 valence electrons. The third-order valence-corrected chi connectivity index (χ3v) is 3.31. The van der Waals surface area contributed by atoms with Gasteiger partial charge in [-0.25, -0.2) is 0 Å². The molecule has 0 aliphatic heterocycles. The first-order valence-electron chi connectivity index (χ1n) is 4.71. The molecule has 0 amide bonds. The lowest BCUT2D eigenvalue weighted by Gasteiger charge is -2.14. The summed E-state index contributed by atoms with van der Waals surface area (Å²) in [6.07, 6.45) is 3.12. The van der Waals surface area contributed by atoms with Crippen molar-refractivity contribution in [3.63, 3.8) is 0 Å². The molecule has 0 saturated heterocycles. The Morgan fingerprint density at radius 2 is 1.85 bits per heavy atom. The van der Waals surface area contributed by atoms with Gasteiger partial charge in [-0.3, -0.25) is 0 Å². The highest BCUT2D eigenvalue weighted by Gasteiger charge is 2.26. The summed E-state index contributed by atoms with van der Waals surface area (Å²) in [5, 5.41) is 9.70. The molecular formula is C11H13BrO. The van der Waals surface area contributed by atoms with E-state index < -0.39 is 0 Å². The van der Waals surface area contributed by atoms with Gasteiger partial charge in [-0.1, -0.05) is 34.5 Å². The highest BCUT2D eigenvalue weighted by molar-refractivity contribution is 9.10. The van der Waals surface area contributed by atoms with Gasteiger partial charge in [-0.05, 0) is 30.5 Å². The third kappa shape index (κ3) is 1.94. The van der Waals surface area contributed by atoms with Crippen LogP contribution >= 0.6 is 15.9 Å². The van der Waals surface area contributed by atoms with Gasteiger partial charge in [0.05, 0.1) is 6.10 Å². The van der Waals surface area contributed by atoms with Crippen molar-refractivity contribution in [2.24, 2.45) is 0 Å². The molecule has 0 aromatic heterocycles. The lowest BCUT2D eigenvalue weighted by atomic mass is 9.96. The zero-order valence-electron chi connectivity index (χ0n) is 7.41. The summed E-state index contributed by atoms with van der Waals surface area (Å²) >= 11 is 3.41. The predicted octanol–water partition coefficient (Wildman–Crippen LogP) is 3.08. The molecule has 1 aliphatic carbocycles. The molecule has 1 saturated carbocycles.